The van der Waals surface area contributed by atoms with E-state index in [0.717, 1.165) is 25.9 Å². The highest BCUT2D eigenvalue weighted by atomic mass is 16.5. The van der Waals surface area contributed by atoms with Crippen LogP contribution in [0.2, 0.25) is 0 Å². The van der Waals surface area contributed by atoms with E-state index in [1.807, 2.05) is 13.0 Å². The molecule has 0 fully saturated rings. The summed E-state index contributed by atoms with van der Waals surface area (Å²) in [7, 11) is 0. The van der Waals surface area contributed by atoms with Crippen LogP contribution >= 0.6 is 0 Å². The van der Waals surface area contributed by atoms with Crippen LogP contribution in [0.15, 0.2) is 12.3 Å². The van der Waals surface area contributed by atoms with Gasteiger partial charge in [-0.3, -0.25) is 0 Å². The molecule has 0 radical (unpaired) electrons. The zero-order valence-corrected chi connectivity index (χ0v) is 8.12. The first-order valence-electron chi connectivity index (χ1n) is 4.73. The van der Waals surface area contributed by atoms with Crippen molar-refractivity contribution in [3.8, 4) is 0 Å². The second kappa shape index (κ2) is 9.10. The molecule has 0 saturated heterocycles. The van der Waals surface area contributed by atoms with E-state index in [2.05, 4.69) is 0 Å². The topological polar surface area (TPSA) is 49.4 Å². The van der Waals surface area contributed by atoms with Crippen LogP contribution in [0.25, 0.3) is 0 Å². The Kier molecular flexibility index (Phi) is 8.41. The van der Waals surface area contributed by atoms with E-state index in [0.29, 0.717) is 6.42 Å². The van der Waals surface area contributed by atoms with Crippen molar-refractivity contribution >= 4 is 5.97 Å². The summed E-state index contributed by atoms with van der Waals surface area (Å²) in [5.41, 5.74) is 0. The van der Waals surface area contributed by atoms with Crippen molar-refractivity contribution in [2.45, 2.75) is 39.0 Å². The van der Waals surface area contributed by atoms with Gasteiger partial charge in [-0.15, -0.1) is 0 Å². The van der Waals surface area contributed by atoms with Crippen molar-refractivity contribution in [2.75, 3.05) is 6.61 Å². The molecular weight excluding hydrogens is 168 g/mol. The minimum absolute atomic E-state index is 0.156. The largest absolute Gasteiger partial charge is 0.550 e. The molecule has 0 unspecified atom stereocenters. The molecule has 76 valence electrons. The maximum absolute atomic E-state index is 10.0. The van der Waals surface area contributed by atoms with E-state index in [4.69, 9.17) is 4.74 Å². The molecule has 13 heavy (non-hydrogen) atoms. The van der Waals surface area contributed by atoms with E-state index in [1.54, 1.807) is 6.26 Å². The van der Waals surface area contributed by atoms with Crippen molar-refractivity contribution in [3.63, 3.8) is 0 Å². The highest BCUT2D eigenvalue weighted by Gasteiger charge is 1.86. The Morgan fingerprint density at radius 2 is 2.23 bits per heavy atom. The van der Waals surface area contributed by atoms with Crippen LogP contribution in [0.4, 0.5) is 0 Å². The van der Waals surface area contributed by atoms with Gasteiger partial charge in [-0.25, -0.2) is 0 Å². The Hall–Kier alpha value is -0.990. The van der Waals surface area contributed by atoms with E-state index >= 15 is 0 Å². The van der Waals surface area contributed by atoms with Crippen LogP contribution in [0.3, 0.4) is 0 Å². The van der Waals surface area contributed by atoms with Gasteiger partial charge in [0.1, 0.15) is 0 Å². The molecule has 0 N–H and O–H groups in total. The van der Waals surface area contributed by atoms with Crippen LogP contribution in [0, 0.1) is 0 Å². The lowest BCUT2D eigenvalue weighted by Crippen LogP contribution is -2.21. The molecule has 0 aromatic heterocycles. The third kappa shape index (κ3) is 11.0. The average molecular weight is 185 g/mol. The quantitative estimate of drug-likeness (QED) is 0.422. The maximum atomic E-state index is 10.0. The molecule has 0 rings (SSSR count). The molecule has 0 aliphatic rings. The number of carbonyl (C=O) groups is 1. The molecule has 3 nitrogen and oxygen atoms in total. The molecule has 0 aliphatic heterocycles. The summed E-state index contributed by atoms with van der Waals surface area (Å²) in [4.78, 5) is 10.0. The highest BCUT2D eigenvalue weighted by molar-refractivity contribution is 5.64. The smallest absolute Gasteiger partial charge is 0.0870 e. The lowest BCUT2D eigenvalue weighted by atomic mass is 10.2. The molecular formula is C10H17O3-. The highest BCUT2D eigenvalue weighted by Crippen LogP contribution is 1.99. The Bertz CT molecular complexity index is 152. The minimum Gasteiger partial charge on any atom is -0.550 e. The predicted molar refractivity (Wildman–Crippen MR) is 48.9 cm³/mol. The fourth-order valence-corrected chi connectivity index (χ4v) is 0.854. The van der Waals surface area contributed by atoms with Crippen LogP contribution in [-0.2, 0) is 9.53 Å². The van der Waals surface area contributed by atoms with E-state index in [-0.39, 0.29) is 6.42 Å². The third-order valence-corrected chi connectivity index (χ3v) is 1.52. The maximum Gasteiger partial charge on any atom is 0.0870 e. The lowest BCUT2D eigenvalue weighted by molar-refractivity contribution is -0.305. The minimum atomic E-state index is -0.966. The zero-order valence-electron chi connectivity index (χ0n) is 8.12. The lowest BCUT2D eigenvalue weighted by Gasteiger charge is -1.99. The van der Waals surface area contributed by atoms with Gasteiger partial charge >= 0.3 is 0 Å². The summed E-state index contributed by atoms with van der Waals surface area (Å²) in [6, 6.07) is 0. The Morgan fingerprint density at radius 3 is 2.85 bits per heavy atom. The second-order valence-electron chi connectivity index (χ2n) is 2.86. The first kappa shape index (κ1) is 12.0. The normalized spacial score (nSPS) is 10.5. The van der Waals surface area contributed by atoms with E-state index in [9.17, 15) is 9.90 Å². The van der Waals surface area contributed by atoms with Gasteiger partial charge in [0.2, 0.25) is 0 Å². The summed E-state index contributed by atoms with van der Waals surface area (Å²) in [5.74, 6) is -0.966. The van der Waals surface area contributed by atoms with Gasteiger partial charge in [0.05, 0.1) is 12.9 Å². The van der Waals surface area contributed by atoms with Gasteiger partial charge in [-0.05, 0) is 38.2 Å². The number of ether oxygens (including phenoxy) is 1. The number of carbonyl (C=O) groups excluding carboxylic acids is 1. The monoisotopic (exact) mass is 185 g/mol. The van der Waals surface area contributed by atoms with Gasteiger partial charge in [0.15, 0.2) is 0 Å². The zero-order chi connectivity index (χ0) is 9.94. The Labute approximate surface area is 79.4 Å². The molecule has 0 bridgehead atoms. The number of rotatable bonds is 8. The number of aliphatic carboxylic acids is 1. The van der Waals surface area contributed by atoms with Crippen molar-refractivity contribution < 1.29 is 14.6 Å². The summed E-state index contributed by atoms with van der Waals surface area (Å²) in [5, 5.41) is 10.0. The number of hydrogen-bond donors (Lipinski definition) is 0. The predicted octanol–water partition coefficient (Wildman–Crippen LogP) is 1.24. The third-order valence-electron chi connectivity index (χ3n) is 1.52. The van der Waals surface area contributed by atoms with Crippen molar-refractivity contribution in [2.24, 2.45) is 0 Å². The van der Waals surface area contributed by atoms with Crippen LogP contribution in [0.5, 0.6) is 0 Å². The second-order valence-corrected chi connectivity index (χ2v) is 2.86. The fraction of sp³-hybridized carbons (Fsp3) is 0.700. The van der Waals surface area contributed by atoms with Crippen molar-refractivity contribution in [3.05, 3.63) is 12.3 Å². The standard InChI is InChI=1S/C10H18O3/c1-2-8-13-9-6-4-3-5-7-10(11)12/h6,9H,2-5,7-8H2,1H3,(H,11,12)/p-1/b9-6-. The fourth-order valence-electron chi connectivity index (χ4n) is 0.854. The van der Waals surface area contributed by atoms with Gasteiger partial charge in [-0.2, -0.15) is 0 Å². The molecule has 0 spiro atoms. The van der Waals surface area contributed by atoms with Crippen LogP contribution in [0.1, 0.15) is 39.0 Å². The van der Waals surface area contributed by atoms with Crippen molar-refractivity contribution in [1.82, 2.24) is 0 Å². The van der Waals surface area contributed by atoms with Gasteiger partial charge in [0.25, 0.3) is 0 Å². The molecule has 0 aromatic carbocycles. The molecule has 0 atom stereocenters. The molecule has 0 heterocycles. The van der Waals surface area contributed by atoms with Crippen LogP contribution < -0.4 is 5.11 Å². The summed E-state index contributed by atoms with van der Waals surface area (Å²) < 4.78 is 5.10. The molecule has 0 aromatic rings. The van der Waals surface area contributed by atoms with Gasteiger partial charge in [-0.1, -0.05) is 6.92 Å². The van der Waals surface area contributed by atoms with E-state index < -0.39 is 5.97 Å². The first-order chi connectivity index (χ1) is 6.27. The number of unbranched alkanes of at least 4 members (excludes halogenated alkanes) is 2. The Balaban J connectivity index is 3.06. The summed E-state index contributed by atoms with van der Waals surface area (Å²) >= 11 is 0. The summed E-state index contributed by atoms with van der Waals surface area (Å²) in [6.45, 7) is 2.79. The molecule has 0 amide bonds. The molecule has 0 saturated carbocycles. The first-order valence-corrected chi connectivity index (χ1v) is 4.73. The molecule has 0 aliphatic carbocycles. The Morgan fingerprint density at radius 1 is 1.46 bits per heavy atom. The molecule has 3 heteroatoms. The average Bonchev–Trinajstić information content (AvgIpc) is 2.09. The summed E-state index contributed by atoms with van der Waals surface area (Å²) in [6.07, 6.45) is 7.20. The number of carboxylic acid groups (broad SMARTS) is 1. The van der Waals surface area contributed by atoms with Gasteiger partial charge < -0.3 is 14.6 Å². The van der Waals surface area contributed by atoms with Crippen LogP contribution in [-0.4, -0.2) is 12.6 Å². The SMILES string of the molecule is CCCO/C=C\CCCCC(=O)[O-]. The van der Waals surface area contributed by atoms with Gasteiger partial charge in [0, 0.05) is 5.97 Å². The number of allylic oxidation sites excluding steroid dienone is 1. The number of carboxylic acids is 1. The van der Waals surface area contributed by atoms with Crippen molar-refractivity contribution in [1.29, 1.82) is 0 Å². The number of hydrogen-bond acceptors (Lipinski definition) is 3. The van der Waals surface area contributed by atoms with E-state index in [1.165, 1.54) is 0 Å².